The molecule has 6 nitrogen and oxygen atoms in total. The molecule has 0 fully saturated rings. The molecule has 1 aliphatic rings. The van der Waals surface area contributed by atoms with Crippen molar-refractivity contribution in [2.75, 3.05) is 13.2 Å². The van der Waals surface area contributed by atoms with Crippen LogP contribution < -0.4 is 5.48 Å². The van der Waals surface area contributed by atoms with Gasteiger partial charge in [-0.1, -0.05) is 12.2 Å². The lowest BCUT2D eigenvalue weighted by Gasteiger charge is -2.15. The van der Waals surface area contributed by atoms with Crippen LogP contribution >= 0.6 is 0 Å². The third-order valence-electron chi connectivity index (χ3n) is 1.87. The summed E-state index contributed by atoms with van der Waals surface area (Å²) in [7, 11) is 0. The van der Waals surface area contributed by atoms with E-state index in [4.69, 9.17) is 14.8 Å². The predicted octanol–water partition coefficient (Wildman–Crippen LogP) is 0.487. The molecule has 0 aromatic heterocycles. The van der Waals surface area contributed by atoms with Crippen molar-refractivity contribution in [1.82, 2.24) is 5.48 Å². The molecule has 1 unspecified atom stereocenters. The van der Waals surface area contributed by atoms with Crippen molar-refractivity contribution in [3.63, 3.8) is 0 Å². The van der Waals surface area contributed by atoms with E-state index in [-0.39, 0.29) is 6.54 Å². The molecule has 0 aromatic carbocycles. The number of nitrogens with one attached hydrogen (secondary N) is 1. The lowest BCUT2D eigenvalue weighted by Crippen LogP contribution is -2.33. The second-order valence-corrected chi connectivity index (χ2v) is 3.05. The van der Waals surface area contributed by atoms with Crippen molar-refractivity contribution in [1.29, 1.82) is 5.26 Å². The van der Waals surface area contributed by atoms with Crippen molar-refractivity contribution in [3.8, 4) is 6.19 Å². The van der Waals surface area contributed by atoms with Gasteiger partial charge in [0.15, 0.2) is 0 Å². The van der Waals surface area contributed by atoms with E-state index in [1.54, 1.807) is 37.4 Å². The van der Waals surface area contributed by atoms with Gasteiger partial charge in [-0.05, 0) is 19.1 Å². The predicted molar refractivity (Wildman–Crippen MR) is 60.8 cm³/mol. The van der Waals surface area contributed by atoms with Gasteiger partial charge in [-0.25, -0.2) is 0 Å². The number of hydrogen-bond acceptors (Lipinski definition) is 6. The Morgan fingerprint density at radius 3 is 3.18 bits per heavy atom. The minimum Gasteiger partial charge on any atom is -0.465 e. The molecule has 1 N–H and O–H groups in total. The molecular formula is C11H13N3O3. The van der Waals surface area contributed by atoms with Crippen LogP contribution in [0.5, 0.6) is 0 Å². The standard InChI is InChI=1S/C11H13N3O3/c1-2-16-11(15)7-14-17-10-6-4-3-5-9(10)13-8-12/h3-6,10,14H,2,7H2,1H3. The Labute approximate surface area is 99.2 Å². The molecule has 0 aromatic rings. The Balaban J connectivity index is 2.38. The van der Waals surface area contributed by atoms with E-state index < -0.39 is 12.1 Å². The Morgan fingerprint density at radius 1 is 1.65 bits per heavy atom. The number of carbonyl (C=O) groups excluding carboxylic acids is 1. The zero-order valence-electron chi connectivity index (χ0n) is 9.42. The van der Waals surface area contributed by atoms with Crippen molar-refractivity contribution < 1.29 is 14.4 Å². The molecule has 90 valence electrons. The van der Waals surface area contributed by atoms with Crippen LogP contribution in [-0.2, 0) is 14.4 Å². The molecule has 0 amide bonds. The Hall–Kier alpha value is -1.97. The van der Waals surface area contributed by atoms with Crippen molar-refractivity contribution >= 4 is 11.7 Å². The summed E-state index contributed by atoms with van der Waals surface area (Å²) in [6.07, 6.45) is 8.12. The number of hydroxylamine groups is 1. The summed E-state index contributed by atoms with van der Waals surface area (Å²) in [5, 5.41) is 8.47. The molecule has 0 bridgehead atoms. The van der Waals surface area contributed by atoms with E-state index in [1.165, 1.54) is 0 Å². The summed E-state index contributed by atoms with van der Waals surface area (Å²) in [6.45, 7) is 2.00. The van der Waals surface area contributed by atoms with E-state index in [0.29, 0.717) is 12.3 Å². The fourth-order valence-corrected chi connectivity index (χ4v) is 1.17. The van der Waals surface area contributed by atoms with Crippen molar-refractivity contribution in [2.45, 2.75) is 13.0 Å². The van der Waals surface area contributed by atoms with Gasteiger partial charge in [0.2, 0.25) is 6.19 Å². The SMILES string of the molecule is CCOC(=O)CNOC1C=CC=CC1=NC#N. The number of nitrogens with zero attached hydrogens (tertiary/aromatic N) is 2. The number of rotatable bonds is 5. The molecule has 0 saturated heterocycles. The third-order valence-corrected chi connectivity index (χ3v) is 1.87. The second kappa shape index (κ2) is 7.33. The maximum Gasteiger partial charge on any atom is 0.322 e. The maximum atomic E-state index is 11.0. The summed E-state index contributed by atoms with van der Waals surface area (Å²) < 4.78 is 4.71. The van der Waals surface area contributed by atoms with Crippen LogP contribution in [-0.4, -0.2) is 30.9 Å². The van der Waals surface area contributed by atoms with Crippen LogP contribution in [0.3, 0.4) is 0 Å². The third kappa shape index (κ3) is 4.59. The molecule has 17 heavy (non-hydrogen) atoms. The highest BCUT2D eigenvalue weighted by Crippen LogP contribution is 2.04. The van der Waals surface area contributed by atoms with Crippen LogP contribution in [0, 0.1) is 11.5 Å². The fraction of sp³-hybridized carbons (Fsp3) is 0.364. The van der Waals surface area contributed by atoms with E-state index in [1.807, 2.05) is 0 Å². The van der Waals surface area contributed by atoms with Crippen LogP contribution in [0.4, 0.5) is 0 Å². The van der Waals surface area contributed by atoms with Gasteiger partial charge in [0.1, 0.15) is 12.6 Å². The molecule has 0 radical (unpaired) electrons. The number of esters is 1. The van der Waals surface area contributed by atoms with Gasteiger partial charge in [0, 0.05) is 0 Å². The molecular weight excluding hydrogens is 222 g/mol. The van der Waals surface area contributed by atoms with E-state index in [9.17, 15) is 4.79 Å². The van der Waals surface area contributed by atoms with Crippen LogP contribution in [0.25, 0.3) is 0 Å². The first-order valence-corrected chi connectivity index (χ1v) is 5.13. The van der Waals surface area contributed by atoms with Crippen LogP contribution in [0.15, 0.2) is 29.3 Å². The molecule has 1 atom stereocenters. The van der Waals surface area contributed by atoms with Crippen LogP contribution in [0.2, 0.25) is 0 Å². The fourth-order valence-electron chi connectivity index (χ4n) is 1.17. The zero-order valence-corrected chi connectivity index (χ0v) is 9.42. The maximum absolute atomic E-state index is 11.0. The molecule has 0 spiro atoms. The van der Waals surface area contributed by atoms with E-state index >= 15 is 0 Å². The smallest absolute Gasteiger partial charge is 0.322 e. The highest BCUT2D eigenvalue weighted by Gasteiger charge is 2.14. The summed E-state index contributed by atoms with van der Waals surface area (Å²) in [6, 6.07) is 0. The van der Waals surface area contributed by atoms with Crippen molar-refractivity contribution in [3.05, 3.63) is 24.3 Å². The van der Waals surface area contributed by atoms with Gasteiger partial charge in [-0.3, -0.25) is 9.63 Å². The second-order valence-electron chi connectivity index (χ2n) is 3.05. The summed E-state index contributed by atoms with van der Waals surface area (Å²) in [5.74, 6) is -0.401. The summed E-state index contributed by atoms with van der Waals surface area (Å²) in [4.78, 5) is 19.8. The first kappa shape index (κ1) is 13.1. The highest BCUT2D eigenvalue weighted by molar-refractivity contribution is 6.01. The zero-order chi connectivity index (χ0) is 12.5. The average molecular weight is 235 g/mol. The lowest BCUT2D eigenvalue weighted by atomic mass is 10.1. The molecule has 1 rings (SSSR count). The largest absolute Gasteiger partial charge is 0.465 e. The first-order chi connectivity index (χ1) is 8.27. The van der Waals surface area contributed by atoms with Gasteiger partial charge in [0.05, 0.1) is 12.3 Å². The minimum absolute atomic E-state index is 0.0538. The highest BCUT2D eigenvalue weighted by atomic mass is 16.7. The Morgan fingerprint density at radius 2 is 2.47 bits per heavy atom. The van der Waals surface area contributed by atoms with Gasteiger partial charge in [-0.15, -0.1) is 0 Å². The lowest BCUT2D eigenvalue weighted by molar-refractivity contribution is -0.145. The number of hydrogen-bond donors (Lipinski definition) is 1. The Kier molecular flexibility index (Phi) is 5.64. The summed E-state index contributed by atoms with van der Waals surface area (Å²) in [5.41, 5.74) is 2.96. The topological polar surface area (TPSA) is 83.7 Å². The van der Waals surface area contributed by atoms with Gasteiger partial charge in [0.25, 0.3) is 0 Å². The molecule has 0 saturated carbocycles. The van der Waals surface area contributed by atoms with Crippen molar-refractivity contribution in [2.24, 2.45) is 4.99 Å². The number of allylic oxidation sites excluding steroid dienone is 2. The molecule has 1 aliphatic carbocycles. The average Bonchev–Trinajstić information content (AvgIpc) is 2.32. The van der Waals surface area contributed by atoms with E-state index in [0.717, 1.165) is 0 Å². The number of aliphatic imine (C=N–C) groups is 1. The number of nitriles is 1. The normalized spacial score (nSPS) is 20.2. The molecule has 0 heterocycles. The van der Waals surface area contributed by atoms with Gasteiger partial charge in [-0.2, -0.15) is 15.7 Å². The summed E-state index contributed by atoms with van der Waals surface area (Å²) >= 11 is 0. The number of carbonyl (C=O) groups is 1. The number of ether oxygens (including phenoxy) is 1. The van der Waals surface area contributed by atoms with E-state index in [2.05, 4.69) is 10.5 Å². The first-order valence-electron chi connectivity index (χ1n) is 5.13. The Bertz CT molecular complexity index is 393. The quantitative estimate of drug-likeness (QED) is 0.426. The van der Waals surface area contributed by atoms with Gasteiger partial charge < -0.3 is 4.74 Å². The minimum atomic E-state index is -0.478. The molecule has 6 heteroatoms. The van der Waals surface area contributed by atoms with Gasteiger partial charge >= 0.3 is 5.97 Å². The van der Waals surface area contributed by atoms with Crippen LogP contribution in [0.1, 0.15) is 6.92 Å². The molecule has 0 aliphatic heterocycles. The monoisotopic (exact) mass is 235 g/mol.